The zero-order valence-corrected chi connectivity index (χ0v) is 10.2. The third-order valence-corrected chi connectivity index (χ3v) is 3.60. The van der Waals surface area contributed by atoms with Crippen molar-refractivity contribution in [2.24, 2.45) is 0 Å². The number of rotatable bonds is 3. The molecule has 0 aliphatic heterocycles. The van der Waals surface area contributed by atoms with Crippen LogP contribution in [0.2, 0.25) is 0 Å². The fourth-order valence-electron chi connectivity index (χ4n) is 0.862. The van der Waals surface area contributed by atoms with E-state index in [9.17, 15) is 0 Å². The van der Waals surface area contributed by atoms with Crippen LogP contribution < -0.4 is 5.73 Å². The molecule has 5 nitrogen and oxygen atoms in total. The van der Waals surface area contributed by atoms with E-state index in [4.69, 9.17) is 5.73 Å². The third kappa shape index (κ3) is 2.80. The molecule has 15 heavy (non-hydrogen) atoms. The van der Waals surface area contributed by atoms with E-state index in [0.29, 0.717) is 11.0 Å². The molecule has 78 valence electrons. The first-order valence-corrected chi connectivity index (χ1v) is 6.72. The average Bonchev–Trinajstić information content (AvgIpc) is 2.69. The van der Waals surface area contributed by atoms with E-state index >= 15 is 0 Å². The predicted molar refractivity (Wildman–Crippen MR) is 62.3 cm³/mol. The van der Waals surface area contributed by atoms with Gasteiger partial charge in [0, 0.05) is 6.07 Å². The summed E-state index contributed by atoms with van der Waals surface area (Å²) in [6, 6.07) is 1.73. The summed E-state index contributed by atoms with van der Waals surface area (Å²) in [5, 5.41) is 1.46. The lowest BCUT2D eigenvalue weighted by molar-refractivity contribution is 0.901. The molecule has 0 radical (unpaired) electrons. The van der Waals surface area contributed by atoms with Gasteiger partial charge < -0.3 is 5.73 Å². The number of thioether (sulfide) groups is 1. The molecule has 0 aliphatic rings. The van der Waals surface area contributed by atoms with Crippen molar-refractivity contribution in [3.05, 3.63) is 12.4 Å². The van der Waals surface area contributed by atoms with Crippen LogP contribution in [-0.2, 0) is 0 Å². The topological polar surface area (TPSA) is 77.6 Å². The molecule has 8 heteroatoms. The van der Waals surface area contributed by atoms with Crippen LogP contribution in [0.1, 0.15) is 0 Å². The van der Waals surface area contributed by atoms with E-state index in [1.165, 1.54) is 41.4 Å². The van der Waals surface area contributed by atoms with Gasteiger partial charge in [-0.2, -0.15) is 4.37 Å². The molecule has 0 spiro atoms. The second kappa shape index (κ2) is 4.77. The van der Waals surface area contributed by atoms with E-state index < -0.39 is 0 Å². The highest BCUT2D eigenvalue weighted by Crippen LogP contribution is 2.28. The Labute approximate surface area is 99.1 Å². The summed E-state index contributed by atoms with van der Waals surface area (Å²) in [5.74, 6) is 0.473. The van der Waals surface area contributed by atoms with Crippen LogP contribution in [-0.4, -0.2) is 25.6 Å². The molecule has 2 rings (SSSR count). The van der Waals surface area contributed by atoms with Gasteiger partial charge in [0.2, 0.25) is 0 Å². The first-order valence-electron chi connectivity index (χ1n) is 3.91. The van der Waals surface area contributed by atoms with Crippen molar-refractivity contribution in [3.8, 4) is 0 Å². The van der Waals surface area contributed by atoms with Crippen molar-refractivity contribution in [3.63, 3.8) is 0 Å². The van der Waals surface area contributed by atoms with Crippen molar-refractivity contribution in [1.82, 2.24) is 19.3 Å². The predicted octanol–water partition coefficient (Wildman–Crippen LogP) is 1.78. The SMILES string of the molecule is CSc1nc(N)cc(Sc2ncns2)n1. The molecule has 0 unspecified atom stereocenters. The van der Waals surface area contributed by atoms with Crippen LogP contribution in [0.3, 0.4) is 0 Å². The van der Waals surface area contributed by atoms with Crippen LogP contribution in [0, 0.1) is 0 Å². The van der Waals surface area contributed by atoms with Crippen LogP contribution in [0.15, 0.2) is 26.9 Å². The molecule has 0 fully saturated rings. The Bertz CT molecular complexity index is 444. The van der Waals surface area contributed by atoms with Crippen molar-refractivity contribution >= 4 is 40.9 Å². The molecule has 0 bridgehead atoms. The zero-order valence-electron chi connectivity index (χ0n) is 7.75. The molecule has 0 saturated heterocycles. The van der Waals surface area contributed by atoms with Crippen LogP contribution in [0.5, 0.6) is 0 Å². The largest absolute Gasteiger partial charge is 0.384 e. The average molecular weight is 257 g/mol. The summed E-state index contributed by atoms with van der Waals surface area (Å²) in [7, 11) is 0. The summed E-state index contributed by atoms with van der Waals surface area (Å²) < 4.78 is 4.76. The Hall–Kier alpha value is -0.860. The first-order chi connectivity index (χ1) is 7.28. The molecule has 2 aromatic rings. The Balaban J connectivity index is 2.24. The quantitative estimate of drug-likeness (QED) is 0.510. The van der Waals surface area contributed by atoms with Crippen molar-refractivity contribution in [1.29, 1.82) is 0 Å². The summed E-state index contributed by atoms with van der Waals surface area (Å²) in [6.45, 7) is 0. The standard InChI is InChI=1S/C7H7N5S3/c1-13-6-11-4(8)2-5(12-6)14-7-9-3-10-15-7/h2-3H,1H3,(H2,8,11,12). The third-order valence-electron chi connectivity index (χ3n) is 1.42. The summed E-state index contributed by atoms with van der Waals surface area (Å²) in [4.78, 5) is 12.4. The number of nitrogens with zero attached hydrogens (tertiary/aromatic N) is 4. The highest BCUT2D eigenvalue weighted by Gasteiger charge is 2.05. The smallest absolute Gasteiger partial charge is 0.190 e. The maximum Gasteiger partial charge on any atom is 0.190 e. The highest BCUT2D eigenvalue weighted by atomic mass is 32.2. The van der Waals surface area contributed by atoms with Gasteiger partial charge in [0.25, 0.3) is 0 Å². The Morgan fingerprint density at radius 3 is 2.93 bits per heavy atom. The van der Waals surface area contributed by atoms with Gasteiger partial charge in [0.1, 0.15) is 17.2 Å². The van der Waals surface area contributed by atoms with Crippen molar-refractivity contribution < 1.29 is 0 Å². The summed E-state index contributed by atoms with van der Waals surface area (Å²) in [5.41, 5.74) is 5.65. The van der Waals surface area contributed by atoms with Gasteiger partial charge in [-0.05, 0) is 29.6 Å². The van der Waals surface area contributed by atoms with Crippen LogP contribution in [0.25, 0.3) is 0 Å². The Kier molecular flexibility index (Phi) is 3.39. The molecular formula is C7H7N5S3. The number of nitrogens with two attached hydrogens (primary N) is 1. The van der Waals surface area contributed by atoms with Gasteiger partial charge >= 0.3 is 0 Å². The number of hydrogen-bond acceptors (Lipinski definition) is 8. The van der Waals surface area contributed by atoms with Crippen LogP contribution in [0.4, 0.5) is 5.82 Å². The van der Waals surface area contributed by atoms with Crippen molar-refractivity contribution in [2.45, 2.75) is 14.5 Å². The monoisotopic (exact) mass is 257 g/mol. The lowest BCUT2D eigenvalue weighted by Crippen LogP contribution is -1.95. The van der Waals surface area contributed by atoms with E-state index in [1.54, 1.807) is 6.07 Å². The normalized spacial score (nSPS) is 10.5. The number of aromatic nitrogens is 4. The molecule has 0 aliphatic carbocycles. The van der Waals surface area contributed by atoms with E-state index in [0.717, 1.165) is 9.37 Å². The van der Waals surface area contributed by atoms with Gasteiger partial charge in [-0.25, -0.2) is 15.0 Å². The van der Waals surface area contributed by atoms with E-state index in [-0.39, 0.29) is 0 Å². The van der Waals surface area contributed by atoms with Gasteiger partial charge in [-0.1, -0.05) is 11.8 Å². The molecule has 2 N–H and O–H groups in total. The molecule has 0 saturated carbocycles. The second-order valence-corrected chi connectivity index (χ2v) is 5.25. The minimum absolute atomic E-state index is 0.473. The van der Waals surface area contributed by atoms with Gasteiger partial charge in [0.15, 0.2) is 9.50 Å². The van der Waals surface area contributed by atoms with E-state index in [1.807, 2.05) is 6.26 Å². The number of nitrogen functional groups attached to an aromatic ring is 1. The fourth-order valence-corrected chi connectivity index (χ4v) is 2.71. The maximum atomic E-state index is 5.65. The fraction of sp³-hybridized carbons (Fsp3) is 0.143. The molecule has 0 aromatic carbocycles. The maximum absolute atomic E-state index is 5.65. The Morgan fingerprint density at radius 2 is 2.27 bits per heavy atom. The van der Waals surface area contributed by atoms with Crippen molar-refractivity contribution in [2.75, 3.05) is 12.0 Å². The van der Waals surface area contributed by atoms with E-state index in [2.05, 4.69) is 19.3 Å². The first kappa shape index (κ1) is 10.7. The lowest BCUT2D eigenvalue weighted by Gasteiger charge is -2.00. The molecular weight excluding hydrogens is 250 g/mol. The minimum atomic E-state index is 0.473. The second-order valence-electron chi connectivity index (χ2n) is 2.43. The molecule has 0 amide bonds. The summed E-state index contributed by atoms with van der Waals surface area (Å²) >= 11 is 4.23. The van der Waals surface area contributed by atoms with Gasteiger partial charge in [0.05, 0.1) is 0 Å². The lowest BCUT2D eigenvalue weighted by atomic mass is 10.6. The zero-order chi connectivity index (χ0) is 10.7. The number of anilines is 1. The molecule has 2 heterocycles. The van der Waals surface area contributed by atoms with Gasteiger partial charge in [-0.15, -0.1) is 0 Å². The highest BCUT2D eigenvalue weighted by molar-refractivity contribution is 8.01. The minimum Gasteiger partial charge on any atom is -0.384 e. The molecule has 0 atom stereocenters. The number of hydrogen-bond donors (Lipinski definition) is 1. The molecule has 2 aromatic heterocycles. The van der Waals surface area contributed by atoms with Crippen LogP contribution >= 0.6 is 35.1 Å². The Morgan fingerprint density at radius 1 is 1.40 bits per heavy atom. The van der Waals surface area contributed by atoms with Gasteiger partial charge in [-0.3, -0.25) is 0 Å². The summed E-state index contributed by atoms with van der Waals surface area (Å²) in [6.07, 6.45) is 3.43.